The van der Waals surface area contributed by atoms with Gasteiger partial charge < -0.3 is 4.57 Å². The number of aromatic nitrogens is 2. The van der Waals surface area contributed by atoms with Gasteiger partial charge in [-0.3, -0.25) is 0 Å². The van der Waals surface area contributed by atoms with Gasteiger partial charge in [-0.1, -0.05) is 42.1 Å². The number of para-hydroxylation sites is 2. The van der Waals surface area contributed by atoms with E-state index in [-0.39, 0.29) is 5.75 Å². The predicted molar refractivity (Wildman–Crippen MR) is 99.2 cm³/mol. The van der Waals surface area contributed by atoms with Crippen LogP contribution in [0.3, 0.4) is 0 Å². The Balaban J connectivity index is 1.76. The van der Waals surface area contributed by atoms with Crippen molar-refractivity contribution < 1.29 is 8.42 Å². The van der Waals surface area contributed by atoms with Gasteiger partial charge in [0.1, 0.15) is 0 Å². The third kappa shape index (κ3) is 4.03. The zero-order chi connectivity index (χ0) is 17.7. The summed E-state index contributed by atoms with van der Waals surface area (Å²) in [6, 6.07) is 18.3. The number of benzene rings is 2. The lowest BCUT2D eigenvalue weighted by molar-refractivity contribution is 0.597. The highest BCUT2D eigenvalue weighted by Crippen LogP contribution is 2.25. The first-order valence-electron chi connectivity index (χ1n) is 7.84. The van der Waals surface area contributed by atoms with Gasteiger partial charge >= 0.3 is 0 Å². The molecule has 3 rings (SSSR count). The summed E-state index contributed by atoms with van der Waals surface area (Å²) in [6.07, 6.45) is 0.385. The molecule has 1 heterocycles. The largest absolute Gasteiger partial charge is 0.318 e. The molecule has 0 aliphatic heterocycles. The highest BCUT2D eigenvalue weighted by atomic mass is 32.2. The minimum absolute atomic E-state index is 0.0448. The molecule has 1 aromatic heterocycles. The Bertz CT molecular complexity index is 1010. The van der Waals surface area contributed by atoms with Crippen LogP contribution in [0.4, 0.5) is 0 Å². The van der Waals surface area contributed by atoms with Crippen molar-refractivity contribution in [2.75, 3.05) is 11.5 Å². The normalized spacial score (nSPS) is 11.5. The first-order valence-corrected chi connectivity index (χ1v) is 10.5. The summed E-state index contributed by atoms with van der Waals surface area (Å²) >= 11 is 1.41. The zero-order valence-corrected chi connectivity index (χ0v) is 15.1. The number of imidazole rings is 1. The van der Waals surface area contributed by atoms with E-state index in [1.54, 1.807) is 30.3 Å². The van der Waals surface area contributed by atoms with Crippen LogP contribution in [-0.2, 0) is 16.4 Å². The first-order chi connectivity index (χ1) is 12.1. The van der Waals surface area contributed by atoms with Crippen molar-refractivity contribution in [3.63, 3.8) is 0 Å². The summed E-state index contributed by atoms with van der Waals surface area (Å²) in [5.41, 5.74) is 1.82. The van der Waals surface area contributed by atoms with Crippen LogP contribution in [0.5, 0.6) is 0 Å². The van der Waals surface area contributed by atoms with Crippen LogP contribution in [0.1, 0.15) is 6.42 Å². The monoisotopic (exact) mass is 371 g/mol. The fourth-order valence-electron chi connectivity index (χ4n) is 2.53. The minimum Gasteiger partial charge on any atom is -0.318 e. The summed E-state index contributed by atoms with van der Waals surface area (Å²) < 4.78 is 26.7. The molecule has 0 spiro atoms. The maximum Gasteiger partial charge on any atom is 0.179 e. The van der Waals surface area contributed by atoms with Gasteiger partial charge in [-0.05, 0) is 24.3 Å². The van der Waals surface area contributed by atoms with E-state index >= 15 is 0 Å². The fraction of sp³-hybridized carbons (Fsp3) is 0.222. The van der Waals surface area contributed by atoms with Gasteiger partial charge in [-0.25, -0.2) is 13.4 Å². The SMILES string of the molecule is N#CCCn1c(SCCS(=O)(=O)c2ccccc2)nc2ccccc21. The Morgan fingerprint density at radius 2 is 1.80 bits per heavy atom. The zero-order valence-electron chi connectivity index (χ0n) is 13.5. The van der Waals surface area contributed by atoms with Crippen molar-refractivity contribution in [3.05, 3.63) is 54.6 Å². The second-order valence-corrected chi connectivity index (χ2v) is 8.59. The van der Waals surface area contributed by atoms with E-state index in [4.69, 9.17) is 5.26 Å². The van der Waals surface area contributed by atoms with E-state index in [1.807, 2.05) is 28.8 Å². The molecule has 7 heteroatoms. The van der Waals surface area contributed by atoms with Crippen LogP contribution in [0.15, 0.2) is 64.6 Å². The minimum atomic E-state index is -3.30. The number of rotatable bonds is 7. The Morgan fingerprint density at radius 3 is 2.56 bits per heavy atom. The van der Waals surface area contributed by atoms with Crippen LogP contribution in [-0.4, -0.2) is 29.5 Å². The molecule has 128 valence electrons. The maximum absolute atomic E-state index is 12.4. The molecule has 5 nitrogen and oxygen atoms in total. The first kappa shape index (κ1) is 17.5. The summed E-state index contributed by atoms with van der Waals surface area (Å²) in [5.74, 6) is 0.455. The Morgan fingerprint density at radius 1 is 1.08 bits per heavy atom. The molecule has 0 saturated carbocycles. The average molecular weight is 371 g/mol. The van der Waals surface area contributed by atoms with Gasteiger partial charge in [-0.2, -0.15) is 5.26 Å². The number of sulfone groups is 1. The fourth-order valence-corrected chi connectivity index (χ4v) is 5.24. The molecule has 0 unspecified atom stereocenters. The Kier molecular flexibility index (Phi) is 5.41. The highest BCUT2D eigenvalue weighted by molar-refractivity contribution is 8.00. The molecule has 25 heavy (non-hydrogen) atoms. The molecule has 0 radical (unpaired) electrons. The van der Waals surface area contributed by atoms with Gasteiger partial charge in [0, 0.05) is 12.3 Å². The molecule has 0 atom stereocenters. The van der Waals surface area contributed by atoms with Crippen LogP contribution in [0.2, 0.25) is 0 Å². The quantitative estimate of drug-likeness (QED) is 0.594. The molecule has 2 aromatic carbocycles. The van der Waals surface area contributed by atoms with E-state index in [0.717, 1.165) is 16.2 Å². The standard InChI is InChI=1S/C18H17N3O2S2/c19-11-6-12-21-17-10-5-4-9-16(17)20-18(21)24-13-14-25(22,23)15-7-2-1-3-8-15/h1-5,7-10H,6,12-14H2. The molecule has 0 bridgehead atoms. The molecular weight excluding hydrogens is 354 g/mol. The van der Waals surface area contributed by atoms with Gasteiger partial charge in [0.25, 0.3) is 0 Å². The summed E-state index contributed by atoms with van der Waals surface area (Å²) in [4.78, 5) is 4.92. The summed E-state index contributed by atoms with van der Waals surface area (Å²) in [7, 11) is -3.30. The Labute approximate surface area is 151 Å². The number of hydrogen-bond donors (Lipinski definition) is 0. The smallest absolute Gasteiger partial charge is 0.179 e. The van der Waals surface area contributed by atoms with Gasteiger partial charge in [0.2, 0.25) is 0 Å². The van der Waals surface area contributed by atoms with Gasteiger partial charge in [0.05, 0.1) is 34.2 Å². The van der Waals surface area contributed by atoms with Crippen LogP contribution in [0, 0.1) is 11.3 Å². The topological polar surface area (TPSA) is 75.8 Å². The van der Waals surface area contributed by atoms with Crippen LogP contribution < -0.4 is 0 Å². The lowest BCUT2D eigenvalue weighted by Gasteiger charge is -2.07. The molecule has 0 N–H and O–H groups in total. The second-order valence-electron chi connectivity index (χ2n) is 5.42. The molecule has 0 aliphatic rings. The van der Waals surface area contributed by atoms with Crippen molar-refractivity contribution in [3.8, 4) is 6.07 Å². The van der Waals surface area contributed by atoms with E-state index < -0.39 is 9.84 Å². The van der Waals surface area contributed by atoms with Crippen LogP contribution in [0.25, 0.3) is 11.0 Å². The predicted octanol–water partition coefficient (Wildman–Crippen LogP) is 3.52. The van der Waals surface area contributed by atoms with E-state index in [1.165, 1.54) is 11.8 Å². The summed E-state index contributed by atoms with van der Waals surface area (Å²) in [6.45, 7) is 0.546. The van der Waals surface area contributed by atoms with E-state index in [0.29, 0.717) is 23.6 Å². The third-order valence-electron chi connectivity index (χ3n) is 3.75. The highest BCUT2D eigenvalue weighted by Gasteiger charge is 2.16. The molecule has 0 fully saturated rings. The molecule has 0 saturated heterocycles. The lowest BCUT2D eigenvalue weighted by Crippen LogP contribution is -2.09. The molecular formula is C18H17N3O2S2. The van der Waals surface area contributed by atoms with Crippen molar-refractivity contribution in [2.24, 2.45) is 0 Å². The van der Waals surface area contributed by atoms with Crippen molar-refractivity contribution >= 4 is 32.6 Å². The van der Waals surface area contributed by atoms with Crippen LogP contribution >= 0.6 is 11.8 Å². The number of nitriles is 1. The van der Waals surface area contributed by atoms with Gasteiger partial charge in [0.15, 0.2) is 15.0 Å². The van der Waals surface area contributed by atoms with Crippen molar-refractivity contribution in [2.45, 2.75) is 23.0 Å². The molecule has 0 aliphatic carbocycles. The number of fused-ring (bicyclic) bond motifs is 1. The van der Waals surface area contributed by atoms with E-state index in [9.17, 15) is 8.42 Å². The molecule has 3 aromatic rings. The van der Waals surface area contributed by atoms with Gasteiger partial charge in [-0.15, -0.1) is 0 Å². The average Bonchev–Trinajstić information content (AvgIpc) is 2.98. The number of hydrogen-bond acceptors (Lipinski definition) is 5. The molecule has 0 amide bonds. The summed E-state index contributed by atoms with van der Waals surface area (Å²) in [5, 5.41) is 9.62. The van der Waals surface area contributed by atoms with E-state index in [2.05, 4.69) is 11.1 Å². The number of thioether (sulfide) groups is 1. The number of nitrogens with zero attached hydrogens (tertiary/aromatic N) is 3. The third-order valence-corrected chi connectivity index (χ3v) is 6.72. The maximum atomic E-state index is 12.4. The Hall–Kier alpha value is -2.30. The number of aryl methyl sites for hydroxylation is 1. The lowest BCUT2D eigenvalue weighted by atomic mass is 10.3. The van der Waals surface area contributed by atoms with Crippen molar-refractivity contribution in [1.29, 1.82) is 5.26 Å². The van der Waals surface area contributed by atoms with Crippen molar-refractivity contribution in [1.82, 2.24) is 9.55 Å². The second kappa shape index (κ2) is 7.72.